The molecule has 0 saturated heterocycles. The van der Waals surface area contributed by atoms with Crippen LogP contribution < -0.4 is 5.73 Å². The largest absolute Gasteiger partial charge is 0.458 e. The summed E-state index contributed by atoms with van der Waals surface area (Å²) in [5, 5.41) is 0. The van der Waals surface area contributed by atoms with E-state index in [1.54, 1.807) is 0 Å². The minimum absolute atomic E-state index is 0.172. The average molecular weight is 193 g/mol. The van der Waals surface area contributed by atoms with E-state index < -0.39 is 11.9 Å². The van der Waals surface area contributed by atoms with Gasteiger partial charge in [0, 0.05) is 6.42 Å². The number of hydrogen-bond donors (Lipinski definition) is 1. The summed E-state index contributed by atoms with van der Waals surface area (Å²) in [5.74, 6) is -2.04. The SMILES string of the molecule is NC(=O)C(=O)OCCc1ccccc1. The Morgan fingerprint density at radius 3 is 2.43 bits per heavy atom. The molecule has 0 radical (unpaired) electrons. The van der Waals surface area contributed by atoms with Gasteiger partial charge in [0.1, 0.15) is 0 Å². The maximum absolute atomic E-state index is 10.6. The van der Waals surface area contributed by atoms with Crippen molar-refractivity contribution in [2.45, 2.75) is 6.42 Å². The van der Waals surface area contributed by atoms with Crippen molar-refractivity contribution in [1.82, 2.24) is 0 Å². The van der Waals surface area contributed by atoms with E-state index >= 15 is 0 Å². The van der Waals surface area contributed by atoms with Crippen molar-refractivity contribution in [3.63, 3.8) is 0 Å². The molecule has 2 N–H and O–H groups in total. The van der Waals surface area contributed by atoms with Gasteiger partial charge in [-0.15, -0.1) is 0 Å². The highest BCUT2D eigenvalue weighted by Gasteiger charge is 2.08. The Hall–Kier alpha value is -1.84. The van der Waals surface area contributed by atoms with E-state index in [9.17, 15) is 9.59 Å². The lowest BCUT2D eigenvalue weighted by molar-refractivity contribution is -0.153. The summed E-state index contributed by atoms with van der Waals surface area (Å²) in [5.41, 5.74) is 5.75. The van der Waals surface area contributed by atoms with Crippen molar-refractivity contribution in [1.29, 1.82) is 0 Å². The summed E-state index contributed by atoms with van der Waals surface area (Å²) in [7, 11) is 0. The van der Waals surface area contributed by atoms with Gasteiger partial charge in [0.25, 0.3) is 0 Å². The molecule has 4 heteroatoms. The predicted octanol–water partition coefficient (Wildman–Crippen LogP) is 0.258. The molecule has 0 bridgehead atoms. The van der Waals surface area contributed by atoms with E-state index in [1.165, 1.54) is 0 Å². The van der Waals surface area contributed by atoms with Gasteiger partial charge >= 0.3 is 11.9 Å². The molecule has 14 heavy (non-hydrogen) atoms. The fraction of sp³-hybridized carbons (Fsp3) is 0.200. The summed E-state index contributed by atoms with van der Waals surface area (Å²) in [6.45, 7) is 0.172. The van der Waals surface area contributed by atoms with Crippen LogP contribution >= 0.6 is 0 Å². The molecule has 74 valence electrons. The van der Waals surface area contributed by atoms with Crippen molar-refractivity contribution in [3.8, 4) is 0 Å². The van der Waals surface area contributed by atoms with Crippen LogP contribution in [0, 0.1) is 0 Å². The van der Waals surface area contributed by atoms with Crippen molar-refractivity contribution >= 4 is 11.9 Å². The second-order valence-corrected chi connectivity index (χ2v) is 2.74. The minimum atomic E-state index is -1.06. The third-order valence-corrected chi connectivity index (χ3v) is 1.67. The molecule has 1 amide bonds. The Balaban J connectivity index is 2.29. The Kier molecular flexibility index (Phi) is 3.67. The molecule has 1 aromatic rings. The van der Waals surface area contributed by atoms with Crippen LogP contribution in [0.5, 0.6) is 0 Å². The summed E-state index contributed by atoms with van der Waals surface area (Å²) in [4.78, 5) is 20.9. The molecular formula is C10H11NO3. The van der Waals surface area contributed by atoms with Gasteiger partial charge in [-0.2, -0.15) is 0 Å². The standard InChI is InChI=1S/C10H11NO3/c11-9(12)10(13)14-7-6-8-4-2-1-3-5-8/h1-5H,6-7H2,(H2,11,12). The molecule has 0 heterocycles. The van der Waals surface area contributed by atoms with Gasteiger partial charge < -0.3 is 10.5 Å². The maximum Gasteiger partial charge on any atom is 0.396 e. The molecule has 0 aliphatic rings. The third kappa shape index (κ3) is 3.26. The van der Waals surface area contributed by atoms with Crippen molar-refractivity contribution < 1.29 is 14.3 Å². The van der Waals surface area contributed by atoms with Crippen molar-refractivity contribution in [2.75, 3.05) is 6.61 Å². The molecule has 4 nitrogen and oxygen atoms in total. The quantitative estimate of drug-likeness (QED) is 0.553. The van der Waals surface area contributed by atoms with Gasteiger partial charge in [0.05, 0.1) is 6.61 Å². The van der Waals surface area contributed by atoms with E-state index in [2.05, 4.69) is 4.74 Å². The first kappa shape index (κ1) is 10.2. The smallest absolute Gasteiger partial charge is 0.396 e. The van der Waals surface area contributed by atoms with Crippen LogP contribution in [0.25, 0.3) is 0 Å². The number of primary amides is 1. The van der Waals surface area contributed by atoms with E-state index in [4.69, 9.17) is 5.73 Å². The molecule has 0 aliphatic carbocycles. The molecule has 0 aliphatic heterocycles. The highest BCUT2D eigenvalue weighted by atomic mass is 16.5. The lowest BCUT2D eigenvalue weighted by Crippen LogP contribution is -2.26. The van der Waals surface area contributed by atoms with Gasteiger partial charge in [-0.1, -0.05) is 30.3 Å². The molecule has 0 aromatic heterocycles. The highest BCUT2D eigenvalue weighted by Crippen LogP contribution is 1.99. The monoisotopic (exact) mass is 193 g/mol. The molecule has 0 atom stereocenters. The molecule has 0 saturated carbocycles. The minimum Gasteiger partial charge on any atom is -0.458 e. The zero-order valence-corrected chi connectivity index (χ0v) is 7.60. The van der Waals surface area contributed by atoms with Gasteiger partial charge in [-0.05, 0) is 5.56 Å². The van der Waals surface area contributed by atoms with E-state index in [1.807, 2.05) is 30.3 Å². The third-order valence-electron chi connectivity index (χ3n) is 1.67. The topological polar surface area (TPSA) is 69.4 Å². The van der Waals surface area contributed by atoms with Crippen LogP contribution in [0.2, 0.25) is 0 Å². The summed E-state index contributed by atoms with van der Waals surface area (Å²) >= 11 is 0. The molecular weight excluding hydrogens is 182 g/mol. The second kappa shape index (κ2) is 5.01. The van der Waals surface area contributed by atoms with Crippen LogP contribution in [0.15, 0.2) is 30.3 Å². The fourth-order valence-corrected chi connectivity index (χ4v) is 0.977. The molecule has 0 fully saturated rings. The average Bonchev–Trinajstić information content (AvgIpc) is 2.19. The highest BCUT2D eigenvalue weighted by molar-refractivity contribution is 6.31. The molecule has 1 aromatic carbocycles. The van der Waals surface area contributed by atoms with E-state index in [0.717, 1.165) is 5.56 Å². The Bertz CT molecular complexity index is 321. The molecule has 0 spiro atoms. The normalized spacial score (nSPS) is 9.43. The van der Waals surface area contributed by atoms with Gasteiger partial charge in [0.2, 0.25) is 0 Å². The number of amides is 1. The first-order chi connectivity index (χ1) is 6.70. The summed E-state index contributed by atoms with van der Waals surface area (Å²) in [6.07, 6.45) is 0.583. The van der Waals surface area contributed by atoms with Crippen LogP contribution in [0.4, 0.5) is 0 Å². The number of rotatable bonds is 3. The number of carbonyl (C=O) groups is 2. The van der Waals surface area contributed by atoms with Crippen LogP contribution in [0.3, 0.4) is 0 Å². The molecule has 1 rings (SSSR count). The van der Waals surface area contributed by atoms with E-state index in [-0.39, 0.29) is 6.61 Å². The van der Waals surface area contributed by atoms with Gasteiger partial charge in [0.15, 0.2) is 0 Å². The van der Waals surface area contributed by atoms with Crippen molar-refractivity contribution in [3.05, 3.63) is 35.9 Å². The van der Waals surface area contributed by atoms with Gasteiger partial charge in [-0.3, -0.25) is 4.79 Å². The zero-order chi connectivity index (χ0) is 10.4. The number of benzene rings is 1. The predicted molar refractivity (Wildman–Crippen MR) is 50.3 cm³/mol. The lowest BCUT2D eigenvalue weighted by Gasteiger charge is -2.01. The summed E-state index contributed by atoms with van der Waals surface area (Å²) < 4.78 is 4.59. The maximum atomic E-state index is 10.6. The first-order valence-corrected chi connectivity index (χ1v) is 4.20. The van der Waals surface area contributed by atoms with Crippen molar-refractivity contribution in [2.24, 2.45) is 5.73 Å². The molecule has 0 unspecified atom stereocenters. The number of esters is 1. The van der Waals surface area contributed by atoms with Crippen LogP contribution in [-0.2, 0) is 20.7 Å². The van der Waals surface area contributed by atoms with Crippen LogP contribution in [-0.4, -0.2) is 18.5 Å². The van der Waals surface area contributed by atoms with Crippen LogP contribution in [0.1, 0.15) is 5.56 Å². The lowest BCUT2D eigenvalue weighted by atomic mass is 10.2. The summed E-state index contributed by atoms with van der Waals surface area (Å²) in [6, 6.07) is 9.52. The first-order valence-electron chi connectivity index (χ1n) is 4.20. The fourth-order valence-electron chi connectivity index (χ4n) is 0.977. The Morgan fingerprint density at radius 1 is 1.21 bits per heavy atom. The second-order valence-electron chi connectivity index (χ2n) is 2.74. The van der Waals surface area contributed by atoms with E-state index in [0.29, 0.717) is 6.42 Å². The number of carbonyl (C=O) groups excluding carboxylic acids is 2. The number of ether oxygens (including phenoxy) is 1. The van der Waals surface area contributed by atoms with Gasteiger partial charge in [-0.25, -0.2) is 4.79 Å². The Labute approximate surface area is 81.7 Å². The Morgan fingerprint density at radius 2 is 1.86 bits per heavy atom. The number of hydrogen-bond acceptors (Lipinski definition) is 3. The zero-order valence-electron chi connectivity index (χ0n) is 7.60. The number of nitrogens with two attached hydrogens (primary N) is 1.